The number of piperidine rings is 1. The lowest BCUT2D eigenvalue weighted by molar-refractivity contribution is -0.139. The molecular formula is C17H20N2O5. The van der Waals surface area contributed by atoms with Gasteiger partial charge in [-0.1, -0.05) is 19.1 Å². The fourth-order valence-electron chi connectivity index (χ4n) is 2.88. The lowest BCUT2D eigenvalue weighted by atomic mass is 9.72. The summed E-state index contributed by atoms with van der Waals surface area (Å²) in [5.41, 5.74) is 0.589. The number of carboxylic acid groups (broad SMARTS) is 1. The third-order valence-corrected chi connectivity index (χ3v) is 4.36. The lowest BCUT2D eigenvalue weighted by Crippen LogP contribution is -2.51. The van der Waals surface area contributed by atoms with Gasteiger partial charge in [-0.05, 0) is 30.5 Å². The van der Waals surface area contributed by atoms with Crippen molar-refractivity contribution < 1.29 is 24.3 Å². The number of carbonyl (C=O) groups excluding carboxylic acids is 3. The van der Waals surface area contributed by atoms with E-state index in [0.29, 0.717) is 24.9 Å². The van der Waals surface area contributed by atoms with Crippen molar-refractivity contribution >= 4 is 29.4 Å². The smallest absolute Gasteiger partial charge is 0.303 e. The largest absolute Gasteiger partial charge is 0.481 e. The van der Waals surface area contributed by atoms with Gasteiger partial charge in [0.25, 0.3) is 0 Å². The van der Waals surface area contributed by atoms with E-state index in [0.717, 1.165) is 5.56 Å². The van der Waals surface area contributed by atoms with Crippen molar-refractivity contribution in [1.29, 1.82) is 0 Å². The summed E-state index contributed by atoms with van der Waals surface area (Å²) >= 11 is 0. The van der Waals surface area contributed by atoms with Crippen LogP contribution >= 0.6 is 0 Å². The van der Waals surface area contributed by atoms with E-state index < -0.39 is 11.4 Å². The van der Waals surface area contributed by atoms with E-state index in [1.54, 1.807) is 24.3 Å². The van der Waals surface area contributed by atoms with Crippen LogP contribution in [0.1, 0.15) is 44.6 Å². The van der Waals surface area contributed by atoms with E-state index in [4.69, 9.17) is 5.11 Å². The summed E-state index contributed by atoms with van der Waals surface area (Å²) < 4.78 is 0. The maximum atomic E-state index is 12.3. The number of hydrogen-bond acceptors (Lipinski definition) is 4. The lowest BCUT2D eigenvalue weighted by Gasteiger charge is -2.35. The Morgan fingerprint density at radius 1 is 1.21 bits per heavy atom. The van der Waals surface area contributed by atoms with Crippen molar-refractivity contribution in [3.63, 3.8) is 0 Å². The molecule has 0 bridgehead atoms. The van der Waals surface area contributed by atoms with Crippen molar-refractivity contribution in [2.45, 2.75) is 44.4 Å². The van der Waals surface area contributed by atoms with Crippen molar-refractivity contribution in [2.24, 2.45) is 0 Å². The van der Waals surface area contributed by atoms with E-state index >= 15 is 0 Å². The van der Waals surface area contributed by atoms with Crippen LogP contribution in [-0.4, -0.2) is 28.8 Å². The van der Waals surface area contributed by atoms with Gasteiger partial charge in [0.15, 0.2) is 0 Å². The summed E-state index contributed by atoms with van der Waals surface area (Å²) in [7, 11) is 0. The molecule has 1 aliphatic rings. The van der Waals surface area contributed by atoms with E-state index in [2.05, 4.69) is 10.6 Å². The number of imide groups is 1. The number of rotatable bonds is 6. The van der Waals surface area contributed by atoms with Gasteiger partial charge in [0.2, 0.25) is 17.7 Å². The Hall–Kier alpha value is -2.70. The average Bonchev–Trinajstić information content (AvgIpc) is 2.54. The SMILES string of the molecule is CCC1(c2ccc(NC(=O)CCC(=O)O)cc2)CCC(=O)NC1=O. The minimum Gasteiger partial charge on any atom is -0.481 e. The van der Waals surface area contributed by atoms with Gasteiger partial charge in [0, 0.05) is 18.5 Å². The molecule has 0 aromatic heterocycles. The molecule has 3 N–H and O–H groups in total. The van der Waals surface area contributed by atoms with Crippen LogP contribution < -0.4 is 10.6 Å². The highest BCUT2D eigenvalue weighted by Gasteiger charge is 2.42. The molecule has 0 spiro atoms. The standard InChI is InChI=1S/C17H20N2O5/c1-2-17(10-9-14(21)19-16(17)24)11-3-5-12(6-4-11)18-13(20)7-8-15(22)23/h3-6H,2,7-10H2,1H3,(H,18,20)(H,22,23)(H,19,21,24). The van der Waals surface area contributed by atoms with Gasteiger partial charge in [-0.3, -0.25) is 24.5 Å². The minimum absolute atomic E-state index is 0.0967. The van der Waals surface area contributed by atoms with Crippen LogP contribution in [0, 0.1) is 0 Å². The number of aliphatic carboxylic acids is 1. The molecule has 3 amide bonds. The van der Waals surface area contributed by atoms with Crippen molar-refractivity contribution in [3.8, 4) is 0 Å². The van der Waals surface area contributed by atoms with E-state index in [1.807, 2.05) is 6.92 Å². The molecule has 0 radical (unpaired) electrons. The minimum atomic E-state index is -1.02. The number of benzene rings is 1. The van der Waals surface area contributed by atoms with Crippen molar-refractivity contribution in [2.75, 3.05) is 5.32 Å². The summed E-state index contributed by atoms with van der Waals surface area (Å²) in [6.07, 6.45) is 1.000. The molecule has 1 atom stereocenters. The maximum Gasteiger partial charge on any atom is 0.303 e. The number of nitrogens with one attached hydrogen (secondary N) is 2. The highest BCUT2D eigenvalue weighted by Crippen LogP contribution is 2.36. The molecule has 7 nitrogen and oxygen atoms in total. The molecule has 7 heteroatoms. The second kappa shape index (κ2) is 7.25. The average molecular weight is 332 g/mol. The molecule has 1 unspecified atom stereocenters. The molecule has 1 heterocycles. The number of hydrogen-bond donors (Lipinski definition) is 3. The molecule has 1 saturated heterocycles. The summed E-state index contributed by atoms with van der Waals surface area (Å²) in [4.78, 5) is 45.8. The van der Waals surface area contributed by atoms with Crippen molar-refractivity contribution in [1.82, 2.24) is 5.32 Å². The highest BCUT2D eigenvalue weighted by atomic mass is 16.4. The Morgan fingerprint density at radius 3 is 2.42 bits per heavy atom. The molecule has 2 rings (SSSR count). The predicted octanol–water partition coefficient (Wildman–Crippen LogP) is 1.57. The Bertz CT molecular complexity index is 668. The quantitative estimate of drug-likeness (QED) is 0.685. The Kier molecular flexibility index (Phi) is 5.33. The van der Waals surface area contributed by atoms with Crippen LogP contribution in [0.3, 0.4) is 0 Å². The van der Waals surface area contributed by atoms with Crippen LogP contribution in [0.25, 0.3) is 0 Å². The first-order chi connectivity index (χ1) is 11.4. The summed E-state index contributed by atoms with van der Waals surface area (Å²) in [6, 6.07) is 6.86. The molecular weight excluding hydrogens is 312 g/mol. The zero-order valence-electron chi connectivity index (χ0n) is 13.4. The van der Waals surface area contributed by atoms with Gasteiger partial charge in [-0.2, -0.15) is 0 Å². The second-order valence-electron chi connectivity index (χ2n) is 5.83. The Labute approximate surface area is 139 Å². The zero-order valence-corrected chi connectivity index (χ0v) is 13.4. The van der Waals surface area contributed by atoms with Crippen LogP contribution in [-0.2, 0) is 24.6 Å². The third-order valence-electron chi connectivity index (χ3n) is 4.36. The molecule has 1 fully saturated rings. The maximum absolute atomic E-state index is 12.3. The predicted molar refractivity (Wildman–Crippen MR) is 86.3 cm³/mol. The molecule has 128 valence electrons. The van der Waals surface area contributed by atoms with Gasteiger partial charge in [0.05, 0.1) is 11.8 Å². The highest BCUT2D eigenvalue weighted by molar-refractivity contribution is 6.03. The van der Waals surface area contributed by atoms with Crippen LogP contribution in [0.4, 0.5) is 5.69 Å². The van der Waals surface area contributed by atoms with Crippen LogP contribution in [0.2, 0.25) is 0 Å². The second-order valence-corrected chi connectivity index (χ2v) is 5.83. The van der Waals surface area contributed by atoms with Gasteiger partial charge < -0.3 is 10.4 Å². The van der Waals surface area contributed by atoms with Gasteiger partial charge in [0.1, 0.15) is 0 Å². The monoisotopic (exact) mass is 332 g/mol. The fraction of sp³-hybridized carbons (Fsp3) is 0.412. The third kappa shape index (κ3) is 3.79. The summed E-state index contributed by atoms with van der Waals surface area (Å²) in [6.45, 7) is 1.90. The van der Waals surface area contributed by atoms with Gasteiger partial charge >= 0.3 is 5.97 Å². The Morgan fingerprint density at radius 2 is 1.88 bits per heavy atom. The first-order valence-corrected chi connectivity index (χ1v) is 7.84. The number of carboxylic acids is 1. The zero-order chi connectivity index (χ0) is 17.7. The molecule has 24 heavy (non-hydrogen) atoms. The van der Waals surface area contributed by atoms with E-state index in [-0.39, 0.29) is 30.6 Å². The molecule has 0 saturated carbocycles. The van der Waals surface area contributed by atoms with Gasteiger partial charge in [-0.25, -0.2) is 0 Å². The topological polar surface area (TPSA) is 113 Å². The van der Waals surface area contributed by atoms with Crippen LogP contribution in [0.15, 0.2) is 24.3 Å². The number of carbonyl (C=O) groups is 4. The molecule has 1 aromatic carbocycles. The molecule has 0 aliphatic carbocycles. The number of amides is 3. The van der Waals surface area contributed by atoms with E-state index in [9.17, 15) is 19.2 Å². The molecule has 1 aliphatic heterocycles. The van der Waals surface area contributed by atoms with Gasteiger partial charge in [-0.15, -0.1) is 0 Å². The first kappa shape index (κ1) is 17.7. The fourth-order valence-corrected chi connectivity index (χ4v) is 2.88. The van der Waals surface area contributed by atoms with Crippen LogP contribution in [0.5, 0.6) is 0 Å². The van der Waals surface area contributed by atoms with E-state index in [1.165, 1.54) is 0 Å². The molecule has 1 aromatic rings. The van der Waals surface area contributed by atoms with Crippen molar-refractivity contribution in [3.05, 3.63) is 29.8 Å². The normalized spacial score (nSPS) is 20.4. The Balaban J connectivity index is 2.10. The summed E-state index contributed by atoms with van der Waals surface area (Å²) in [5, 5.41) is 13.6. The number of anilines is 1. The summed E-state index contributed by atoms with van der Waals surface area (Å²) in [5.74, 6) is -1.95. The first-order valence-electron chi connectivity index (χ1n) is 7.84.